The highest BCUT2D eigenvalue weighted by atomic mass is 16.5. The zero-order valence-corrected chi connectivity index (χ0v) is 12.5. The van der Waals surface area contributed by atoms with E-state index in [4.69, 9.17) is 4.74 Å². The predicted molar refractivity (Wildman–Crippen MR) is 83.2 cm³/mol. The molecule has 0 aliphatic carbocycles. The molecule has 0 radical (unpaired) electrons. The van der Waals surface area contributed by atoms with Crippen LogP contribution >= 0.6 is 0 Å². The maximum Gasteiger partial charge on any atom is 0.265 e. The van der Waals surface area contributed by atoms with Crippen molar-refractivity contribution in [1.29, 1.82) is 0 Å². The fraction of sp³-hybridized carbons (Fsp3) is 0.235. The van der Waals surface area contributed by atoms with E-state index in [1.807, 2.05) is 38.1 Å². The number of rotatable bonds is 4. The highest BCUT2D eigenvalue weighted by Crippen LogP contribution is 2.30. The molecule has 2 aromatic carbocycles. The summed E-state index contributed by atoms with van der Waals surface area (Å²) in [5.41, 5.74) is 2.05. The van der Waals surface area contributed by atoms with Crippen molar-refractivity contribution in [3.63, 3.8) is 0 Å². The van der Waals surface area contributed by atoms with E-state index < -0.39 is 0 Å². The van der Waals surface area contributed by atoms with Gasteiger partial charge in [0.2, 0.25) is 0 Å². The fourth-order valence-electron chi connectivity index (χ4n) is 2.28. The Hall–Kier alpha value is -2.49. The van der Waals surface area contributed by atoms with Crippen LogP contribution in [0.2, 0.25) is 0 Å². The van der Waals surface area contributed by atoms with Crippen molar-refractivity contribution < 1.29 is 14.6 Å². The molecule has 1 N–H and O–H groups in total. The van der Waals surface area contributed by atoms with E-state index in [2.05, 4.69) is 0 Å². The normalized spacial score (nSPS) is 10.2. The van der Waals surface area contributed by atoms with E-state index in [0.29, 0.717) is 12.3 Å². The van der Waals surface area contributed by atoms with Gasteiger partial charge in [-0.1, -0.05) is 18.2 Å². The molecule has 0 aliphatic heterocycles. The minimum absolute atomic E-state index is 0.0783. The second-order valence-electron chi connectivity index (χ2n) is 4.74. The predicted octanol–water partition coefficient (Wildman–Crippen LogP) is 3.38. The van der Waals surface area contributed by atoms with E-state index in [0.717, 1.165) is 11.3 Å². The average molecular weight is 285 g/mol. The van der Waals surface area contributed by atoms with Gasteiger partial charge in [-0.15, -0.1) is 0 Å². The lowest BCUT2D eigenvalue weighted by atomic mass is 10.1. The molecule has 0 heterocycles. The number of amides is 1. The van der Waals surface area contributed by atoms with Gasteiger partial charge in [0.1, 0.15) is 17.1 Å². The number of benzene rings is 2. The van der Waals surface area contributed by atoms with Crippen LogP contribution in [-0.2, 0) is 0 Å². The van der Waals surface area contributed by atoms with Crippen molar-refractivity contribution in [2.24, 2.45) is 0 Å². The molecule has 110 valence electrons. The van der Waals surface area contributed by atoms with Crippen LogP contribution in [0.1, 0.15) is 22.8 Å². The Bertz CT molecular complexity index is 652. The van der Waals surface area contributed by atoms with Gasteiger partial charge in [-0.3, -0.25) is 4.79 Å². The Morgan fingerprint density at radius 2 is 1.95 bits per heavy atom. The number of ether oxygens (including phenoxy) is 1. The molecular formula is C17H19NO3. The van der Waals surface area contributed by atoms with Crippen molar-refractivity contribution >= 4 is 11.6 Å². The molecule has 0 unspecified atom stereocenters. The topological polar surface area (TPSA) is 49.8 Å². The summed E-state index contributed by atoms with van der Waals surface area (Å²) in [6, 6.07) is 12.5. The number of anilines is 1. The highest BCUT2D eigenvalue weighted by Gasteiger charge is 2.23. The van der Waals surface area contributed by atoms with E-state index >= 15 is 0 Å². The summed E-state index contributed by atoms with van der Waals surface area (Å²) in [5, 5.41) is 10.0. The summed E-state index contributed by atoms with van der Waals surface area (Å²) in [4.78, 5) is 14.4. The summed E-state index contributed by atoms with van der Waals surface area (Å²) in [6.45, 7) is 4.37. The molecule has 4 nitrogen and oxygen atoms in total. The Morgan fingerprint density at radius 1 is 1.24 bits per heavy atom. The minimum Gasteiger partial charge on any atom is -0.507 e. The zero-order chi connectivity index (χ0) is 15.4. The number of methoxy groups -OCH3 is 1. The van der Waals surface area contributed by atoms with Crippen LogP contribution < -0.4 is 9.64 Å². The van der Waals surface area contributed by atoms with Crippen LogP contribution in [0, 0.1) is 6.92 Å². The SMILES string of the molecule is CCN(C(=O)c1c(O)cccc1OC)c1cccc(C)c1. The van der Waals surface area contributed by atoms with Crippen LogP contribution in [0.5, 0.6) is 11.5 Å². The largest absolute Gasteiger partial charge is 0.507 e. The Morgan fingerprint density at radius 3 is 2.57 bits per heavy atom. The molecule has 0 bridgehead atoms. The van der Waals surface area contributed by atoms with Crippen molar-refractivity contribution in [1.82, 2.24) is 0 Å². The van der Waals surface area contributed by atoms with Crippen LogP contribution in [0.15, 0.2) is 42.5 Å². The lowest BCUT2D eigenvalue weighted by molar-refractivity contribution is 0.0982. The first-order valence-corrected chi connectivity index (χ1v) is 6.83. The number of hydrogen-bond acceptors (Lipinski definition) is 3. The highest BCUT2D eigenvalue weighted by molar-refractivity contribution is 6.09. The van der Waals surface area contributed by atoms with Crippen molar-refractivity contribution in [2.45, 2.75) is 13.8 Å². The molecule has 0 aromatic heterocycles. The lowest BCUT2D eigenvalue weighted by Gasteiger charge is -2.23. The summed E-state index contributed by atoms with van der Waals surface area (Å²) >= 11 is 0. The van der Waals surface area contributed by atoms with Gasteiger partial charge in [0, 0.05) is 12.2 Å². The molecule has 4 heteroatoms. The summed E-state index contributed by atoms with van der Waals surface area (Å²) in [6.07, 6.45) is 0. The first-order chi connectivity index (χ1) is 10.1. The third-order valence-corrected chi connectivity index (χ3v) is 3.31. The molecule has 0 fully saturated rings. The number of carbonyl (C=O) groups excluding carboxylic acids is 1. The lowest BCUT2D eigenvalue weighted by Crippen LogP contribution is -2.31. The van der Waals surface area contributed by atoms with Gasteiger partial charge in [-0.2, -0.15) is 0 Å². The van der Waals surface area contributed by atoms with Gasteiger partial charge in [0.15, 0.2) is 0 Å². The van der Waals surface area contributed by atoms with E-state index in [1.54, 1.807) is 17.0 Å². The first-order valence-electron chi connectivity index (χ1n) is 6.83. The number of aryl methyl sites for hydroxylation is 1. The standard InChI is InChI=1S/C17H19NO3/c1-4-18(13-8-5-7-12(2)11-13)17(20)16-14(19)9-6-10-15(16)21-3/h5-11,19H,4H2,1-3H3. The summed E-state index contributed by atoms with van der Waals surface area (Å²) < 4.78 is 5.19. The second kappa shape index (κ2) is 6.31. The van der Waals surface area contributed by atoms with Crippen LogP contribution in [0.4, 0.5) is 5.69 Å². The number of phenolic OH excluding ortho intramolecular Hbond substituents is 1. The second-order valence-corrected chi connectivity index (χ2v) is 4.74. The fourth-order valence-corrected chi connectivity index (χ4v) is 2.28. The monoisotopic (exact) mass is 285 g/mol. The van der Waals surface area contributed by atoms with Crippen LogP contribution in [0.25, 0.3) is 0 Å². The molecule has 21 heavy (non-hydrogen) atoms. The smallest absolute Gasteiger partial charge is 0.265 e. The molecule has 2 rings (SSSR count). The molecular weight excluding hydrogens is 266 g/mol. The first kappa shape index (κ1) is 14.9. The van der Waals surface area contributed by atoms with E-state index in [9.17, 15) is 9.90 Å². The van der Waals surface area contributed by atoms with Gasteiger partial charge in [0.05, 0.1) is 7.11 Å². The van der Waals surface area contributed by atoms with Crippen LogP contribution in [-0.4, -0.2) is 24.7 Å². The Kier molecular flexibility index (Phi) is 4.48. The summed E-state index contributed by atoms with van der Waals surface area (Å²) in [5.74, 6) is 0.00889. The Balaban J connectivity index is 2.47. The van der Waals surface area contributed by atoms with Gasteiger partial charge in [0.25, 0.3) is 5.91 Å². The van der Waals surface area contributed by atoms with Crippen molar-refractivity contribution in [3.05, 3.63) is 53.6 Å². The number of carbonyl (C=O) groups is 1. The maximum atomic E-state index is 12.8. The van der Waals surface area contributed by atoms with Crippen molar-refractivity contribution in [2.75, 3.05) is 18.6 Å². The maximum absolute atomic E-state index is 12.8. The zero-order valence-electron chi connectivity index (χ0n) is 12.5. The third-order valence-electron chi connectivity index (χ3n) is 3.31. The molecule has 1 amide bonds. The van der Waals surface area contributed by atoms with E-state index in [1.165, 1.54) is 13.2 Å². The van der Waals surface area contributed by atoms with Crippen LogP contribution in [0.3, 0.4) is 0 Å². The van der Waals surface area contributed by atoms with Gasteiger partial charge in [-0.25, -0.2) is 0 Å². The average Bonchev–Trinajstić information content (AvgIpc) is 2.47. The summed E-state index contributed by atoms with van der Waals surface area (Å²) in [7, 11) is 1.48. The quantitative estimate of drug-likeness (QED) is 0.937. The number of aromatic hydroxyl groups is 1. The number of hydrogen-bond donors (Lipinski definition) is 1. The van der Waals surface area contributed by atoms with Gasteiger partial charge < -0.3 is 14.7 Å². The Labute approximate surface area is 124 Å². The molecule has 0 saturated carbocycles. The molecule has 2 aromatic rings. The molecule has 0 saturated heterocycles. The van der Waals surface area contributed by atoms with Gasteiger partial charge >= 0.3 is 0 Å². The number of phenols is 1. The third kappa shape index (κ3) is 2.99. The van der Waals surface area contributed by atoms with Gasteiger partial charge in [-0.05, 0) is 43.7 Å². The molecule has 0 aliphatic rings. The molecule has 0 atom stereocenters. The number of nitrogens with zero attached hydrogens (tertiary/aromatic N) is 1. The van der Waals surface area contributed by atoms with Crippen molar-refractivity contribution in [3.8, 4) is 11.5 Å². The van der Waals surface area contributed by atoms with E-state index in [-0.39, 0.29) is 17.2 Å². The molecule has 0 spiro atoms. The minimum atomic E-state index is -0.280.